The monoisotopic (exact) mass is 336 g/mol. The van der Waals surface area contributed by atoms with Crippen molar-refractivity contribution in [2.45, 2.75) is 12.5 Å². The van der Waals surface area contributed by atoms with Gasteiger partial charge >= 0.3 is 5.97 Å². The Hall–Kier alpha value is -2.64. The van der Waals surface area contributed by atoms with Crippen LogP contribution in [-0.2, 0) is 0 Å². The number of carbonyl (C=O) groups is 1. The van der Waals surface area contributed by atoms with Gasteiger partial charge < -0.3 is 19.3 Å². The Morgan fingerprint density at radius 1 is 1.42 bits per heavy atom. The molecule has 126 valence electrons. The Bertz CT molecular complexity index is 921. The van der Waals surface area contributed by atoms with Gasteiger partial charge in [-0.3, -0.25) is 4.79 Å². The van der Waals surface area contributed by atoms with Crippen LogP contribution < -0.4 is 15.1 Å². The molecule has 0 radical (unpaired) electrons. The van der Waals surface area contributed by atoms with Crippen molar-refractivity contribution in [1.29, 1.82) is 0 Å². The van der Waals surface area contributed by atoms with E-state index in [0.29, 0.717) is 13.1 Å². The van der Waals surface area contributed by atoms with Gasteiger partial charge in [-0.05, 0) is 12.5 Å². The van der Waals surface area contributed by atoms with Gasteiger partial charge in [0.2, 0.25) is 5.43 Å². The molecule has 1 aromatic heterocycles. The van der Waals surface area contributed by atoms with E-state index in [-0.39, 0.29) is 28.9 Å². The van der Waals surface area contributed by atoms with E-state index in [1.54, 1.807) is 4.90 Å². The number of carboxylic acid groups (broad SMARTS) is 1. The number of halogens is 2. The van der Waals surface area contributed by atoms with Gasteiger partial charge in [-0.15, -0.1) is 0 Å². The number of nitrogens with zero attached hydrogens (tertiary/aromatic N) is 2. The molecule has 2 aliphatic heterocycles. The molecular formula is C16H14F2N2O4. The van der Waals surface area contributed by atoms with Gasteiger partial charge in [0.15, 0.2) is 11.6 Å². The predicted molar refractivity (Wildman–Crippen MR) is 82.5 cm³/mol. The van der Waals surface area contributed by atoms with Gasteiger partial charge in [-0.1, -0.05) is 0 Å². The number of carboxylic acids is 1. The van der Waals surface area contributed by atoms with Crippen molar-refractivity contribution in [3.8, 4) is 5.75 Å². The van der Waals surface area contributed by atoms with E-state index < -0.39 is 35.5 Å². The second-order valence-corrected chi connectivity index (χ2v) is 5.98. The molecule has 4 rings (SSSR count). The van der Waals surface area contributed by atoms with Crippen LogP contribution in [0.25, 0.3) is 10.9 Å². The van der Waals surface area contributed by atoms with Crippen LogP contribution in [0.3, 0.4) is 0 Å². The molecule has 0 bridgehead atoms. The van der Waals surface area contributed by atoms with Crippen LogP contribution >= 0.6 is 0 Å². The van der Waals surface area contributed by atoms with E-state index in [0.717, 1.165) is 18.7 Å². The standard InChI is InChI=1S/C16H14F2N2O4/c17-5-8-7-24-15-12-9(4-11(18)13(15)19-2-1-3-19)14(21)10(16(22)23)6-20(8)12/h4,6,8H,1-3,5,7H2,(H,22,23)/t8-/m0/s1. The lowest BCUT2D eigenvalue weighted by molar-refractivity contribution is 0.0694. The first kappa shape index (κ1) is 14.9. The predicted octanol–water partition coefficient (Wildman–Crippen LogP) is 1.95. The third kappa shape index (κ3) is 1.92. The van der Waals surface area contributed by atoms with Crippen molar-refractivity contribution in [1.82, 2.24) is 4.57 Å². The number of aromatic nitrogens is 1. The molecule has 1 aromatic carbocycles. The maximum atomic E-state index is 14.6. The highest BCUT2D eigenvalue weighted by atomic mass is 19.1. The van der Waals surface area contributed by atoms with E-state index in [9.17, 15) is 23.5 Å². The molecule has 1 fully saturated rings. The lowest BCUT2D eigenvalue weighted by Gasteiger charge is -2.37. The number of ether oxygens (including phenoxy) is 1. The van der Waals surface area contributed by atoms with Gasteiger partial charge in [-0.2, -0.15) is 0 Å². The SMILES string of the molecule is O=C(O)c1cn2c3c(c(N4CCC4)c(F)cc3c1=O)OC[C@@H]2CF. The molecular weight excluding hydrogens is 322 g/mol. The Kier molecular flexibility index (Phi) is 3.22. The summed E-state index contributed by atoms with van der Waals surface area (Å²) in [5, 5.41) is 9.10. The summed E-state index contributed by atoms with van der Waals surface area (Å²) in [6, 6.07) is 0.273. The fourth-order valence-corrected chi connectivity index (χ4v) is 3.23. The van der Waals surface area contributed by atoms with Gasteiger partial charge in [0.05, 0.1) is 16.9 Å². The molecule has 24 heavy (non-hydrogen) atoms. The van der Waals surface area contributed by atoms with Crippen molar-refractivity contribution in [3.63, 3.8) is 0 Å². The molecule has 2 aliphatic rings. The first-order valence-electron chi connectivity index (χ1n) is 7.61. The Balaban J connectivity index is 2.12. The minimum atomic E-state index is -1.43. The molecule has 0 saturated carbocycles. The summed E-state index contributed by atoms with van der Waals surface area (Å²) in [4.78, 5) is 25.5. The molecule has 1 atom stereocenters. The summed E-state index contributed by atoms with van der Waals surface area (Å²) >= 11 is 0. The normalized spacial score (nSPS) is 19.1. The maximum absolute atomic E-state index is 14.6. The van der Waals surface area contributed by atoms with Crippen LogP contribution in [0.2, 0.25) is 0 Å². The van der Waals surface area contributed by atoms with Gasteiger partial charge in [0, 0.05) is 19.3 Å². The second-order valence-electron chi connectivity index (χ2n) is 5.98. The van der Waals surface area contributed by atoms with Gasteiger partial charge in [0.25, 0.3) is 0 Å². The van der Waals surface area contributed by atoms with Crippen molar-refractivity contribution in [3.05, 3.63) is 33.9 Å². The first-order chi connectivity index (χ1) is 11.5. The van der Waals surface area contributed by atoms with Crippen molar-refractivity contribution in [2.24, 2.45) is 0 Å². The molecule has 3 heterocycles. The lowest BCUT2D eigenvalue weighted by Crippen LogP contribution is -2.39. The van der Waals surface area contributed by atoms with E-state index in [1.165, 1.54) is 4.57 Å². The number of hydrogen-bond acceptors (Lipinski definition) is 4. The van der Waals surface area contributed by atoms with E-state index in [4.69, 9.17) is 4.74 Å². The zero-order valence-corrected chi connectivity index (χ0v) is 12.6. The number of anilines is 1. The number of pyridine rings is 1. The van der Waals surface area contributed by atoms with Crippen molar-refractivity contribution < 1.29 is 23.4 Å². The van der Waals surface area contributed by atoms with E-state index in [1.807, 2.05) is 0 Å². The van der Waals surface area contributed by atoms with Gasteiger partial charge in [-0.25, -0.2) is 13.6 Å². The molecule has 1 N–H and O–H groups in total. The topological polar surface area (TPSA) is 71.8 Å². The fourth-order valence-electron chi connectivity index (χ4n) is 3.23. The molecule has 1 saturated heterocycles. The average molecular weight is 336 g/mol. The van der Waals surface area contributed by atoms with Crippen LogP contribution in [0.15, 0.2) is 17.1 Å². The molecule has 8 heteroatoms. The van der Waals surface area contributed by atoms with Crippen LogP contribution in [0, 0.1) is 5.82 Å². The fraction of sp³-hybridized carbons (Fsp3) is 0.375. The number of aromatic carboxylic acids is 1. The number of benzene rings is 1. The minimum Gasteiger partial charge on any atom is -0.487 e. The molecule has 2 aromatic rings. The van der Waals surface area contributed by atoms with E-state index in [2.05, 4.69) is 0 Å². The summed E-state index contributed by atoms with van der Waals surface area (Å²) in [7, 11) is 0. The summed E-state index contributed by atoms with van der Waals surface area (Å²) < 4.78 is 34.9. The lowest BCUT2D eigenvalue weighted by atomic mass is 10.0. The van der Waals surface area contributed by atoms with Crippen LogP contribution in [0.4, 0.5) is 14.5 Å². The summed E-state index contributed by atoms with van der Waals surface area (Å²) in [5.41, 5.74) is -0.804. The molecule has 0 unspecified atom stereocenters. The Morgan fingerprint density at radius 2 is 2.17 bits per heavy atom. The van der Waals surface area contributed by atoms with E-state index >= 15 is 0 Å². The minimum absolute atomic E-state index is 0.0508. The van der Waals surface area contributed by atoms with Crippen LogP contribution in [-0.4, -0.2) is 42.0 Å². The number of alkyl halides is 1. The molecule has 0 spiro atoms. The third-order valence-electron chi connectivity index (χ3n) is 4.59. The highest BCUT2D eigenvalue weighted by Gasteiger charge is 2.32. The average Bonchev–Trinajstić information content (AvgIpc) is 2.51. The summed E-state index contributed by atoms with van der Waals surface area (Å²) in [6.07, 6.45) is 2.05. The summed E-state index contributed by atoms with van der Waals surface area (Å²) in [6.45, 7) is 0.503. The molecule has 0 aliphatic carbocycles. The zero-order valence-electron chi connectivity index (χ0n) is 12.6. The second kappa shape index (κ2) is 5.19. The highest BCUT2D eigenvalue weighted by Crippen LogP contribution is 2.43. The Labute approximate surface area is 134 Å². The largest absolute Gasteiger partial charge is 0.487 e. The smallest absolute Gasteiger partial charge is 0.341 e. The van der Waals surface area contributed by atoms with Crippen molar-refractivity contribution >= 4 is 22.6 Å². The van der Waals surface area contributed by atoms with Gasteiger partial charge in [0.1, 0.15) is 24.5 Å². The third-order valence-corrected chi connectivity index (χ3v) is 4.59. The van der Waals surface area contributed by atoms with Crippen molar-refractivity contribution in [2.75, 3.05) is 31.3 Å². The zero-order chi connectivity index (χ0) is 17.0. The molecule has 0 amide bonds. The summed E-state index contributed by atoms with van der Waals surface area (Å²) in [5.74, 6) is -1.88. The van der Waals surface area contributed by atoms with Crippen LogP contribution in [0.5, 0.6) is 5.75 Å². The highest BCUT2D eigenvalue weighted by molar-refractivity contribution is 5.97. The Morgan fingerprint density at radius 3 is 2.75 bits per heavy atom. The van der Waals surface area contributed by atoms with Crippen LogP contribution in [0.1, 0.15) is 22.8 Å². The number of rotatable bonds is 3. The number of hydrogen-bond donors (Lipinski definition) is 1. The maximum Gasteiger partial charge on any atom is 0.341 e. The quantitative estimate of drug-likeness (QED) is 0.928. The first-order valence-corrected chi connectivity index (χ1v) is 7.61. The molecule has 6 nitrogen and oxygen atoms in total.